The van der Waals surface area contributed by atoms with Gasteiger partial charge in [-0.15, -0.1) is 0 Å². The topological polar surface area (TPSA) is 105 Å². The zero-order chi connectivity index (χ0) is 19.3. The van der Waals surface area contributed by atoms with E-state index in [-0.39, 0.29) is 23.1 Å². The third-order valence-electron chi connectivity index (χ3n) is 3.99. The van der Waals surface area contributed by atoms with Gasteiger partial charge in [0.25, 0.3) is 0 Å². The molecule has 0 aliphatic rings. The number of rotatable bonds is 6. The predicted molar refractivity (Wildman–Crippen MR) is 96.2 cm³/mol. The fourth-order valence-corrected chi connectivity index (χ4v) is 4.01. The molecule has 2 amide bonds. The molecule has 0 saturated carbocycles. The van der Waals surface area contributed by atoms with Crippen LogP contribution in [0.5, 0.6) is 0 Å². The van der Waals surface area contributed by atoms with Gasteiger partial charge in [-0.2, -0.15) is 0 Å². The molecule has 1 aromatic heterocycles. The molecule has 140 valence electrons. The molecule has 0 fully saturated rings. The van der Waals surface area contributed by atoms with Crippen LogP contribution in [0.3, 0.4) is 0 Å². The number of hydrogen-bond donors (Lipinski definition) is 2. The third kappa shape index (κ3) is 4.32. The Morgan fingerprint density at radius 1 is 1.08 bits per heavy atom. The van der Waals surface area contributed by atoms with Crippen LogP contribution in [0.2, 0.25) is 0 Å². The molecule has 0 unspecified atom stereocenters. The standard InChI is InChI=1S/C18H22N2O5S/c1-12(2)13-6-8-14(9-7-13)26(23,24)16(15-5-4-10-25-15)11-20-18(22)17(21)19-3/h4-10,12,16H,11H2,1-3H3,(H,19,21)(H,20,22)/t16-/m0/s1. The summed E-state index contributed by atoms with van der Waals surface area (Å²) in [5.41, 5.74) is 1.02. The highest BCUT2D eigenvalue weighted by Gasteiger charge is 2.32. The number of carbonyl (C=O) groups is 2. The molecule has 2 aromatic rings. The molecule has 0 bridgehead atoms. The molecule has 0 aliphatic heterocycles. The zero-order valence-electron chi connectivity index (χ0n) is 14.9. The van der Waals surface area contributed by atoms with Gasteiger partial charge in [0.05, 0.1) is 11.2 Å². The summed E-state index contributed by atoms with van der Waals surface area (Å²) in [5, 5.41) is 3.38. The predicted octanol–water partition coefficient (Wildman–Crippen LogP) is 1.78. The first-order valence-corrected chi connectivity index (χ1v) is 9.69. The molecule has 0 aliphatic carbocycles. The van der Waals surface area contributed by atoms with Crippen molar-refractivity contribution < 1.29 is 22.4 Å². The van der Waals surface area contributed by atoms with Gasteiger partial charge in [-0.25, -0.2) is 8.42 Å². The number of carbonyl (C=O) groups excluding carboxylic acids is 2. The van der Waals surface area contributed by atoms with Crippen LogP contribution < -0.4 is 10.6 Å². The Kier molecular flexibility index (Phi) is 6.20. The second-order valence-electron chi connectivity index (χ2n) is 6.06. The number of furan rings is 1. The Bertz CT molecular complexity index is 855. The van der Waals surface area contributed by atoms with Crippen LogP contribution in [0, 0.1) is 0 Å². The fourth-order valence-electron chi connectivity index (χ4n) is 2.42. The Hall–Kier alpha value is -2.61. The minimum Gasteiger partial charge on any atom is -0.468 e. The van der Waals surface area contributed by atoms with Crippen LogP contribution >= 0.6 is 0 Å². The van der Waals surface area contributed by atoms with E-state index in [1.54, 1.807) is 30.3 Å². The van der Waals surface area contributed by atoms with E-state index in [1.165, 1.54) is 19.4 Å². The number of nitrogens with one attached hydrogen (secondary N) is 2. The lowest BCUT2D eigenvalue weighted by atomic mass is 10.0. The summed E-state index contributed by atoms with van der Waals surface area (Å²) in [5.74, 6) is -1.29. The average molecular weight is 378 g/mol. The van der Waals surface area contributed by atoms with Crippen LogP contribution in [-0.2, 0) is 19.4 Å². The summed E-state index contributed by atoms with van der Waals surface area (Å²) < 4.78 is 31.4. The Morgan fingerprint density at radius 3 is 2.23 bits per heavy atom. The van der Waals surface area contributed by atoms with E-state index in [1.807, 2.05) is 13.8 Å². The van der Waals surface area contributed by atoms with E-state index < -0.39 is 26.9 Å². The van der Waals surface area contributed by atoms with Crippen LogP contribution in [0.25, 0.3) is 0 Å². The minimum atomic E-state index is -3.83. The SMILES string of the molecule is CNC(=O)C(=O)NC[C@@H](c1ccco1)S(=O)(=O)c1ccc(C(C)C)cc1. The molecular formula is C18H22N2O5S. The number of hydrogen-bond acceptors (Lipinski definition) is 5. The number of likely N-dealkylation sites (N-methyl/N-ethyl adjacent to an activating group) is 1. The smallest absolute Gasteiger partial charge is 0.309 e. The van der Waals surface area contributed by atoms with Gasteiger partial charge in [0.2, 0.25) is 0 Å². The van der Waals surface area contributed by atoms with Crippen LogP contribution in [0.1, 0.15) is 36.3 Å². The Morgan fingerprint density at radius 2 is 1.73 bits per heavy atom. The monoisotopic (exact) mass is 378 g/mol. The van der Waals surface area contributed by atoms with Crippen molar-refractivity contribution in [3.8, 4) is 0 Å². The summed E-state index contributed by atoms with van der Waals surface area (Å²) in [4.78, 5) is 23.1. The fraction of sp³-hybridized carbons (Fsp3) is 0.333. The van der Waals surface area contributed by atoms with Gasteiger partial charge in [0.15, 0.2) is 9.84 Å². The van der Waals surface area contributed by atoms with Gasteiger partial charge < -0.3 is 15.1 Å². The molecule has 2 rings (SSSR count). The van der Waals surface area contributed by atoms with Crippen LogP contribution in [-0.4, -0.2) is 33.8 Å². The van der Waals surface area contributed by atoms with Crippen molar-refractivity contribution in [1.29, 1.82) is 0 Å². The zero-order valence-corrected chi connectivity index (χ0v) is 15.7. The van der Waals surface area contributed by atoms with Crippen molar-refractivity contribution in [3.05, 3.63) is 54.0 Å². The van der Waals surface area contributed by atoms with Gasteiger partial charge in [-0.05, 0) is 35.7 Å². The van der Waals surface area contributed by atoms with E-state index in [9.17, 15) is 18.0 Å². The Labute approximate surface area is 152 Å². The highest BCUT2D eigenvalue weighted by Crippen LogP contribution is 2.29. The van der Waals surface area contributed by atoms with Crippen molar-refractivity contribution in [1.82, 2.24) is 10.6 Å². The summed E-state index contributed by atoms with van der Waals surface area (Å²) in [6.07, 6.45) is 1.36. The molecule has 0 radical (unpaired) electrons. The molecule has 1 aromatic carbocycles. The normalized spacial score (nSPS) is 12.6. The first-order valence-electron chi connectivity index (χ1n) is 8.14. The molecule has 1 atom stereocenters. The molecule has 1 heterocycles. The lowest BCUT2D eigenvalue weighted by Crippen LogP contribution is -2.40. The second kappa shape index (κ2) is 8.18. The quantitative estimate of drug-likeness (QED) is 0.746. The number of sulfone groups is 1. The average Bonchev–Trinajstić information content (AvgIpc) is 3.15. The van der Waals surface area contributed by atoms with Crippen molar-refractivity contribution in [2.24, 2.45) is 0 Å². The molecule has 7 nitrogen and oxygen atoms in total. The third-order valence-corrected chi connectivity index (χ3v) is 6.07. The summed E-state index contributed by atoms with van der Waals surface area (Å²) in [7, 11) is -2.52. The summed E-state index contributed by atoms with van der Waals surface area (Å²) >= 11 is 0. The molecule has 0 spiro atoms. The van der Waals surface area contributed by atoms with Gasteiger partial charge in [0.1, 0.15) is 11.0 Å². The highest BCUT2D eigenvalue weighted by molar-refractivity contribution is 7.91. The Balaban J connectivity index is 2.31. The van der Waals surface area contributed by atoms with Gasteiger partial charge >= 0.3 is 11.8 Å². The number of benzene rings is 1. The van der Waals surface area contributed by atoms with Gasteiger partial charge in [-0.3, -0.25) is 9.59 Å². The maximum Gasteiger partial charge on any atom is 0.309 e. The molecule has 8 heteroatoms. The van der Waals surface area contributed by atoms with E-state index in [0.29, 0.717) is 0 Å². The second-order valence-corrected chi connectivity index (χ2v) is 8.19. The van der Waals surface area contributed by atoms with Crippen molar-refractivity contribution in [2.45, 2.75) is 29.9 Å². The van der Waals surface area contributed by atoms with Crippen LogP contribution in [0.4, 0.5) is 0 Å². The van der Waals surface area contributed by atoms with Crippen molar-refractivity contribution in [3.63, 3.8) is 0 Å². The minimum absolute atomic E-state index is 0.123. The van der Waals surface area contributed by atoms with E-state index in [2.05, 4.69) is 10.6 Å². The van der Waals surface area contributed by atoms with Gasteiger partial charge in [0, 0.05) is 13.6 Å². The first kappa shape index (κ1) is 19.7. The lowest BCUT2D eigenvalue weighted by molar-refractivity contribution is -0.138. The maximum atomic E-state index is 13.1. The molecule has 26 heavy (non-hydrogen) atoms. The van der Waals surface area contributed by atoms with Gasteiger partial charge in [-0.1, -0.05) is 26.0 Å². The molecule has 0 saturated heterocycles. The van der Waals surface area contributed by atoms with E-state index in [0.717, 1.165) is 5.56 Å². The summed E-state index contributed by atoms with van der Waals surface area (Å²) in [6, 6.07) is 9.71. The maximum absolute atomic E-state index is 13.1. The first-order chi connectivity index (χ1) is 12.3. The number of amides is 2. The van der Waals surface area contributed by atoms with E-state index >= 15 is 0 Å². The van der Waals surface area contributed by atoms with Crippen LogP contribution in [0.15, 0.2) is 52.0 Å². The largest absolute Gasteiger partial charge is 0.468 e. The summed E-state index contributed by atoms with van der Waals surface area (Å²) in [6.45, 7) is 3.75. The van der Waals surface area contributed by atoms with Crippen molar-refractivity contribution in [2.75, 3.05) is 13.6 Å². The molecular weight excluding hydrogens is 356 g/mol. The lowest BCUT2D eigenvalue weighted by Gasteiger charge is -2.17. The van der Waals surface area contributed by atoms with Crippen molar-refractivity contribution >= 4 is 21.7 Å². The molecule has 2 N–H and O–H groups in total. The van der Waals surface area contributed by atoms with E-state index in [4.69, 9.17) is 4.42 Å². The highest BCUT2D eigenvalue weighted by atomic mass is 32.2.